The maximum Gasteiger partial charge on any atom is 0.255 e. The van der Waals surface area contributed by atoms with Crippen LogP contribution in [0.15, 0.2) is 42.5 Å². The van der Waals surface area contributed by atoms with Gasteiger partial charge in [-0.2, -0.15) is 0 Å². The van der Waals surface area contributed by atoms with E-state index in [9.17, 15) is 4.79 Å². The first-order chi connectivity index (χ1) is 10.6. The second-order valence-corrected chi connectivity index (χ2v) is 5.11. The minimum Gasteiger partial charge on any atom is -0.495 e. The molecule has 5 heteroatoms. The van der Waals surface area contributed by atoms with E-state index in [0.29, 0.717) is 34.4 Å². The van der Waals surface area contributed by atoms with Crippen LogP contribution in [0.5, 0.6) is 11.5 Å². The summed E-state index contributed by atoms with van der Waals surface area (Å²) >= 11 is 5.96. The molecule has 0 aliphatic rings. The van der Waals surface area contributed by atoms with E-state index in [4.69, 9.17) is 21.1 Å². The van der Waals surface area contributed by atoms with E-state index < -0.39 is 0 Å². The van der Waals surface area contributed by atoms with E-state index in [0.717, 1.165) is 6.42 Å². The predicted molar refractivity (Wildman–Crippen MR) is 88.2 cm³/mol. The van der Waals surface area contributed by atoms with E-state index >= 15 is 0 Å². The summed E-state index contributed by atoms with van der Waals surface area (Å²) in [5, 5.41) is 3.32. The molecule has 0 radical (unpaired) electrons. The smallest absolute Gasteiger partial charge is 0.255 e. The third-order valence-corrected chi connectivity index (χ3v) is 3.21. The van der Waals surface area contributed by atoms with Crippen LogP contribution in [-0.4, -0.2) is 19.6 Å². The van der Waals surface area contributed by atoms with E-state index in [2.05, 4.69) is 5.32 Å². The minimum absolute atomic E-state index is 0.248. The third kappa shape index (κ3) is 4.15. The molecule has 4 nitrogen and oxygen atoms in total. The number of rotatable bonds is 6. The van der Waals surface area contributed by atoms with Crippen molar-refractivity contribution >= 4 is 23.2 Å². The quantitative estimate of drug-likeness (QED) is 0.859. The molecule has 0 aliphatic carbocycles. The van der Waals surface area contributed by atoms with Crippen LogP contribution >= 0.6 is 11.6 Å². The summed E-state index contributed by atoms with van der Waals surface area (Å²) in [6.45, 7) is 2.65. The summed E-state index contributed by atoms with van der Waals surface area (Å²) in [5.41, 5.74) is 1.04. The average Bonchev–Trinajstić information content (AvgIpc) is 2.53. The first-order valence-corrected chi connectivity index (χ1v) is 7.39. The maximum atomic E-state index is 12.4. The Morgan fingerprint density at radius 2 is 2.05 bits per heavy atom. The molecule has 22 heavy (non-hydrogen) atoms. The number of hydrogen-bond acceptors (Lipinski definition) is 3. The van der Waals surface area contributed by atoms with Crippen molar-refractivity contribution < 1.29 is 14.3 Å². The van der Waals surface area contributed by atoms with Crippen LogP contribution in [-0.2, 0) is 0 Å². The third-order valence-electron chi connectivity index (χ3n) is 2.98. The number of ether oxygens (including phenoxy) is 2. The van der Waals surface area contributed by atoms with Crippen molar-refractivity contribution in [2.45, 2.75) is 13.3 Å². The second kappa shape index (κ2) is 7.71. The van der Waals surface area contributed by atoms with E-state index in [1.165, 1.54) is 7.11 Å². The highest BCUT2D eigenvalue weighted by Gasteiger charge is 2.11. The Balaban J connectivity index is 2.17. The summed E-state index contributed by atoms with van der Waals surface area (Å²) in [6, 6.07) is 12.1. The topological polar surface area (TPSA) is 47.6 Å². The van der Waals surface area contributed by atoms with Gasteiger partial charge in [-0.25, -0.2) is 0 Å². The number of amides is 1. The van der Waals surface area contributed by atoms with Gasteiger partial charge in [0.05, 0.1) is 19.4 Å². The zero-order valence-corrected chi connectivity index (χ0v) is 13.3. The molecule has 2 aromatic carbocycles. The van der Waals surface area contributed by atoms with Gasteiger partial charge >= 0.3 is 0 Å². The Kier molecular flexibility index (Phi) is 5.67. The van der Waals surface area contributed by atoms with Crippen molar-refractivity contribution in [3.63, 3.8) is 0 Å². The molecule has 0 unspecified atom stereocenters. The zero-order chi connectivity index (χ0) is 15.9. The molecule has 0 spiro atoms. The van der Waals surface area contributed by atoms with Gasteiger partial charge in [-0.15, -0.1) is 0 Å². The zero-order valence-electron chi connectivity index (χ0n) is 12.6. The Morgan fingerprint density at radius 3 is 2.77 bits per heavy atom. The van der Waals surface area contributed by atoms with Crippen molar-refractivity contribution in [1.29, 1.82) is 0 Å². The number of carbonyl (C=O) groups is 1. The van der Waals surface area contributed by atoms with E-state index in [1.807, 2.05) is 13.0 Å². The lowest BCUT2D eigenvalue weighted by molar-refractivity contribution is 0.102. The first kappa shape index (κ1) is 16.2. The molecule has 0 aliphatic heterocycles. The molecule has 0 atom stereocenters. The molecule has 116 valence electrons. The number of benzene rings is 2. The molecule has 1 N–H and O–H groups in total. The van der Waals surface area contributed by atoms with Crippen LogP contribution in [0, 0.1) is 0 Å². The van der Waals surface area contributed by atoms with E-state index in [1.54, 1.807) is 36.4 Å². The largest absolute Gasteiger partial charge is 0.495 e. The normalized spacial score (nSPS) is 10.1. The fourth-order valence-electron chi connectivity index (χ4n) is 1.92. The predicted octanol–water partition coefficient (Wildman–Crippen LogP) is 4.39. The van der Waals surface area contributed by atoms with Gasteiger partial charge in [0.1, 0.15) is 11.5 Å². The van der Waals surface area contributed by atoms with Crippen LogP contribution in [0.3, 0.4) is 0 Å². The Labute approximate surface area is 135 Å². The van der Waals surface area contributed by atoms with Gasteiger partial charge in [-0.1, -0.05) is 24.6 Å². The molecule has 0 saturated heterocycles. The van der Waals surface area contributed by atoms with Gasteiger partial charge in [-0.3, -0.25) is 4.79 Å². The van der Waals surface area contributed by atoms with E-state index in [-0.39, 0.29) is 5.91 Å². The fraction of sp³-hybridized carbons (Fsp3) is 0.235. The highest BCUT2D eigenvalue weighted by atomic mass is 35.5. The molecule has 0 aromatic heterocycles. The number of hydrogen-bond donors (Lipinski definition) is 1. The highest BCUT2D eigenvalue weighted by Crippen LogP contribution is 2.28. The number of carbonyl (C=O) groups excluding carboxylic acids is 1. The lowest BCUT2D eigenvalue weighted by Gasteiger charge is -2.11. The van der Waals surface area contributed by atoms with Crippen LogP contribution in [0.1, 0.15) is 23.7 Å². The number of methoxy groups -OCH3 is 1. The molecule has 0 bridgehead atoms. The fourth-order valence-corrected chi connectivity index (χ4v) is 2.09. The number of halogens is 1. The van der Waals surface area contributed by atoms with Crippen LogP contribution in [0.2, 0.25) is 5.02 Å². The summed E-state index contributed by atoms with van der Waals surface area (Å²) in [7, 11) is 1.54. The van der Waals surface area contributed by atoms with Gasteiger partial charge in [0.15, 0.2) is 0 Å². The SMILES string of the molecule is CCCOc1cccc(C(=O)Nc2cc(Cl)ccc2OC)c1. The monoisotopic (exact) mass is 319 g/mol. The molecule has 2 rings (SSSR count). The minimum atomic E-state index is -0.248. The molecule has 0 heterocycles. The average molecular weight is 320 g/mol. The number of anilines is 1. The van der Waals surface area contributed by atoms with Gasteiger partial charge in [0, 0.05) is 10.6 Å². The van der Waals surface area contributed by atoms with Crippen molar-refractivity contribution in [3.05, 3.63) is 53.1 Å². The van der Waals surface area contributed by atoms with Crippen LogP contribution in [0.25, 0.3) is 0 Å². The molecule has 0 fully saturated rings. The van der Waals surface area contributed by atoms with Gasteiger partial charge in [0.25, 0.3) is 5.91 Å². The Morgan fingerprint density at radius 1 is 1.23 bits per heavy atom. The highest BCUT2D eigenvalue weighted by molar-refractivity contribution is 6.31. The van der Waals surface area contributed by atoms with Crippen LogP contribution < -0.4 is 14.8 Å². The van der Waals surface area contributed by atoms with Crippen molar-refractivity contribution in [2.75, 3.05) is 19.0 Å². The van der Waals surface area contributed by atoms with Gasteiger partial charge in [-0.05, 0) is 42.8 Å². The Bertz CT molecular complexity index is 658. The molecule has 2 aromatic rings. The van der Waals surface area contributed by atoms with Crippen molar-refractivity contribution in [1.82, 2.24) is 0 Å². The molecule has 1 amide bonds. The standard InChI is InChI=1S/C17H18ClNO3/c1-3-9-22-14-6-4-5-12(10-14)17(20)19-15-11-13(18)7-8-16(15)21-2/h4-8,10-11H,3,9H2,1-2H3,(H,19,20). The second-order valence-electron chi connectivity index (χ2n) is 4.68. The lowest BCUT2D eigenvalue weighted by atomic mass is 10.2. The van der Waals surface area contributed by atoms with Crippen LogP contribution in [0.4, 0.5) is 5.69 Å². The summed E-state index contributed by atoms with van der Waals surface area (Å²) < 4.78 is 10.8. The first-order valence-electron chi connectivity index (χ1n) is 7.01. The van der Waals surface area contributed by atoms with Gasteiger partial charge in [0.2, 0.25) is 0 Å². The molecular weight excluding hydrogens is 302 g/mol. The molecule has 0 saturated carbocycles. The van der Waals surface area contributed by atoms with Gasteiger partial charge < -0.3 is 14.8 Å². The maximum absolute atomic E-state index is 12.4. The summed E-state index contributed by atoms with van der Waals surface area (Å²) in [4.78, 5) is 12.4. The lowest BCUT2D eigenvalue weighted by Crippen LogP contribution is -2.12. The van der Waals surface area contributed by atoms with Crippen molar-refractivity contribution in [3.8, 4) is 11.5 Å². The Hall–Kier alpha value is -2.20. The summed E-state index contributed by atoms with van der Waals surface area (Å²) in [5.74, 6) is 0.978. The van der Waals surface area contributed by atoms with Crippen molar-refractivity contribution in [2.24, 2.45) is 0 Å². The number of nitrogens with one attached hydrogen (secondary N) is 1. The summed E-state index contributed by atoms with van der Waals surface area (Å²) in [6.07, 6.45) is 0.913. The molecular formula is C17H18ClNO3.